The van der Waals surface area contributed by atoms with Gasteiger partial charge < -0.3 is 28.4 Å². The number of hydrogen-bond donors (Lipinski definition) is 0. The Balaban J connectivity index is 0.985. The highest BCUT2D eigenvalue weighted by molar-refractivity contribution is 5.93. The zero-order valence-corrected chi connectivity index (χ0v) is 25.0. The molecular weight excluding hydrogens is 592 g/mol. The molecule has 0 N–H and O–H groups in total. The lowest BCUT2D eigenvalue weighted by molar-refractivity contribution is -0.0287. The molecule has 0 aromatic heterocycles. The first kappa shape index (κ1) is 30.7. The van der Waals surface area contributed by atoms with Crippen LogP contribution < -0.4 is 9.47 Å². The Morgan fingerprint density at radius 2 is 0.783 bits per heavy atom. The standard InChI is InChI=1S/C36H30O10/c1-21-3-7-23(8-4-21)33(37)43-27-15-11-25(12-16-27)35(39)45-29-19-41-32-30(20-42-31(29)32)46-36(40)26-13-17-28(18-14-26)44-34(38)24-9-5-22(2)6-10-24/h3-18,29-32H,19-20H2,1-2H3/t29-,30+,31-,32-/m1/s1. The summed E-state index contributed by atoms with van der Waals surface area (Å²) in [5, 5.41) is 0. The fourth-order valence-corrected chi connectivity index (χ4v) is 5.07. The lowest BCUT2D eigenvalue weighted by Gasteiger charge is -2.17. The number of benzene rings is 4. The molecule has 2 saturated heterocycles. The number of ether oxygens (including phenoxy) is 6. The van der Waals surface area contributed by atoms with Crippen LogP contribution in [0.15, 0.2) is 97.1 Å². The Kier molecular flexibility index (Phi) is 8.91. The number of carbonyl (C=O) groups excluding carboxylic acids is 4. The van der Waals surface area contributed by atoms with Crippen molar-refractivity contribution in [1.29, 1.82) is 0 Å². The van der Waals surface area contributed by atoms with E-state index in [1.165, 1.54) is 48.5 Å². The molecule has 0 spiro atoms. The van der Waals surface area contributed by atoms with Gasteiger partial charge in [0.05, 0.1) is 35.5 Å². The van der Waals surface area contributed by atoms with Crippen LogP contribution in [0.2, 0.25) is 0 Å². The Morgan fingerprint density at radius 1 is 0.478 bits per heavy atom. The van der Waals surface area contributed by atoms with Gasteiger partial charge in [0.2, 0.25) is 0 Å². The first-order valence-corrected chi connectivity index (χ1v) is 14.7. The molecule has 0 saturated carbocycles. The topological polar surface area (TPSA) is 124 Å². The van der Waals surface area contributed by atoms with Gasteiger partial charge in [0.15, 0.2) is 12.2 Å². The predicted octanol–water partition coefficient (Wildman–Crippen LogP) is 5.29. The summed E-state index contributed by atoms with van der Waals surface area (Å²) in [6, 6.07) is 26.1. The van der Waals surface area contributed by atoms with Gasteiger partial charge in [-0.3, -0.25) is 0 Å². The van der Waals surface area contributed by atoms with Gasteiger partial charge in [-0.1, -0.05) is 35.4 Å². The minimum atomic E-state index is -0.706. The summed E-state index contributed by atoms with van der Waals surface area (Å²) in [7, 11) is 0. The van der Waals surface area contributed by atoms with Gasteiger partial charge in [-0.05, 0) is 86.6 Å². The first-order chi connectivity index (χ1) is 22.2. The van der Waals surface area contributed by atoms with Crippen molar-refractivity contribution in [1.82, 2.24) is 0 Å². The predicted molar refractivity (Wildman–Crippen MR) is 163 cm³/mol. The summed E-state index contributed by atoms with van der Waals surface area (Å²) >= 11 is 0. The largest absolute Gasteiger partial charge is 0.453 e. The highest BCUT2D eigenvalue weighted by Gasteiger charge is 2.51. The van der Waals surface area contributed by atoms with E-state index in [9.17, 15) is 19.2 Å². The Labute approximate surface area is 264 Å². The molecule has 6 rings (SSSR count). The molecule has 0 bridgehead atoms. The van der Waals surface area contributed by atoms with Crippen molar-refractivity contribution >= 4 is 23.9 Å². The van der Waals surface area contributed by atoms with E-state index >= 15 is 0 Å². The minimum absolute atomic E-state index is 0.0718. The van der Waals surface area contributed by atoms with Crippen LogP contribution in [0, 0.1) is 13.8 Å². The number of carbonyl (C=O) groups is 4. The van der Waals surface area contributed by atoms with Crippen molar-refractivity contribution in [3.8, 4) is 11.5 Å². The maximum absolute atomic E-state index is 12.9. The average Bonchev–Trinajstić information content (AvgIpc) is 3.65. The zero-order chi connectivity index (χ0) is 32.2. The van der Waals surface area contributed by atoms with Crippen molar-refractivity contribution in [2.24, 2.45) is 0 Å². The quantitative estimate of drug-likeness (QED) is 0.189. The molecule has 4 atom stereocenters. The Bertz CT molecular complexity index is 1600. The van der Waals surface area contributed by atoms with Gasteiger partial charge in [-0.15, -0.1) is 0 Å². The Hall–Kier alpha value is -5.32. The summed E-state index contributed by atoms with van der Waals surface area (Å²) in [4.78, 5) is 50.4. The minimum Gasteiger partial charge on any atom is -0.453 e. The van der Waals surface area contributed by atoms with E-state index in [1.807, 2.05) is 38.1 Å². The van der Waals surface area contributed by atoms with Crippen LogP contribution >= 0.6 is 0 Å². The van der Waals surface area contributed by atoms with Gasteiger partial charge in [0, 0.05) is 0 Å². The third-order valence-corrected chi connectivity index (χ3v) is 7.66. The first-order valence-electron chi connectivity index (χ1n) is 14.7. The SMILES string of the molecule is Cc1ccc(C(=O)Oc2ccc(C(=O)O[C@H]3CO[C@H]4[C@@H]3OC[C@H]4OC(=O)c3ccc(OC(=O)c4ccc(C)cc4)cc3)cc2)cc1. The molecule has 4 aromatic carbocycles. The average molecular weight is 623 g/mol. The molecule has 2 aliphatic rings. The van der Waals surface area contributed by atoms with E-state index in [-0.39, 0.29) is 35.8 Å². The monoisotopic (exact) mass is 622 g/mol. The van der Waals surface area contributed by atoms with Gasteiger partial charge >= 0.3 is 23.9 Å². The Morgan fingerprint density at radius 3 is 1.13 bits per heavy atom. The van der Waals surface area contributed by atoms with Crippen molar-refractivity contribution in [2.75, 3.05) is 13.2 Å². The molecule has 4 aromatic rings. The van der Waals surface area contributed by atoms with Crippen LogP contribution in [0.3, 0.4) is 0 Å². The second-order valence-electron chi connectivity index (χ2n) is 11.0. The van der Waals surface area contributed by atoms with E-state index in [0.717, 1.165) is 11.1 Å². The lowest BCUT2D eigenvalue weighted by atomic mass is 10.1. The molecule has 2 heterocycles. The van der Waals surface area contributed by atoms with Crippen molar-refractivity contribution in [3.63, 3.8) is 0 Å². The molecule has 2 aliphatic heterocycles. The molecule has 10 heteroatoms. The van der Waals surface area contributed by atoms with Gasteiger partial charge in [-0.25, -0.2) is 19.2 Å². The molecule has 10 nitrogen and oxygen atoms in total. The second-order valence-corrected chi connectivity index (χ2v) is 11.0. The summed E-state index contributed by atoms with van der Waals surface area (Å²) in [6.07, 6.45) is -2.63. The van der Waals surface area contributed by atoms with Crippen LogP contribution in [-0.4, -0.2) is 61.5 Å². The van der Waals surface area contributed by atoms with E-state index in [2.05, 4.69) is 0 Å². The van der Waals surface area contributed by atoms with Crippen LogP contribution in [0.5, 0.6) is 11.5 Å². The van der Waals surface area contributed by atoms with Crippen molar-refractivity contribution in [2.45, 2.75) is 38.3 Å². The van der Waals surface area contributed by atoms with Crippen LogP contribution in [0.4, 0.5) is 0 Å². The third kappa shape index (κ3) is 6.98. The number of hydrogen-bond acceptors (Lipinski definition) is 10. The third-order valence-electron chi connectivity index (χ3n) is 7.66. The number of aryl methyl sites for hydroxylation is 2. The van der Waals surface area contributed by atoms with E-state index in [0.29, 0.717) is 11.1 Å². The van der Waals surface area contributed by atoms with E-state index < -0.39 is 48.3 Å². The fourth-order valence-electron chi connectivity index (χ4n) is 5.07. The molecule has 2 fully saturated rings. The van der Waals surface area contributed by atoms with Gasteiger partial charge in [0.25, 0.3) is 0 Å². The van der Waals surface area contributed by atoms with Gasteiger partial charge in [0.1, 0.15) is 23.7 Å². The molecule has 0 amide bonds. The lowest BCUT2D eigenvalue weighted by Crippen LogP contribution is -2.36. The number of esters is 4. The molecule has 0 aliphatic carbocycles. The van der Waals surface area contributed by atoms with E-state index in [1.54, 1.807) is 24.3 Å². The van der Waals surface area contributed by atoms with Crippen LogP contribution in [0.25, 0.3) is 0 Å². The summed E-state index contributed by atoms with van der Waals surface area (Å²) in [5.74, 6) is -1.64. The highest BCUT2D eigenvalue weighted by atomic mass is 16.7. The summed E-state index contributed by atoms with van der Waals surface area (Å²) < 4.78 is 33.7. The molecule has 0 radical (unpaired) electrons. The molecule has 0 unspecified atom stereocenters. The molecule has 234 valence electrons. The maximum Gasteiger partial charge on any atom is 0.343 e. The van der Waals surface area contributed by atoms with E-state index in [4.69, 9.17) is 28.4 Å². The van der Waals surface area contributed by atoms with Crippen molar-refractivity contribution in [3.05, 3.63) is 130 Å². The maximum atomic E-state index is 12.9. The molecule has 46 heavy (non-hydrogen) atoms. The zero-order valence-electron chi connectivity index (χ0n) is 25.0. The summed E-state index contributed by atoms with van der Waals surface area (Å²) in [5.41, 5.74) is 3.40. The smallest absolute Gasteiger partial charge is 0.343 e. The second kappa shape index (κ2) is 13.4. The highest BCUT2D eigenvalue weighted by Crippen LogP contribution is 2.32. The van der Waals surface area contributed by atoms with Crippen molar-refractivity contribution < 1.29 is 47.6 Å². The van der Waals surface area contributed by atoms with Crippen LogP contribution in [-0.2, 0) is 18.9 Å². The number of fused-ring (bicyclic) bond motifs is 1. The summed E-state index contributed by atoms with van der Waals surface area (Å²) in [6.45, 7) is 3.99. The fraction of sp³-hybridized carbons (Fsp3) is 0.222. The number of rotatable bonds is 8. The normalized spacial score (nSPS) is 20.0. The van der Waals surface area contributed by atoms with Crippen LogP contribution in [0.1, 0.15) is 52.6 Å². The molecular formula is C36H30O10. The van der Waals surface area contributed by atoms with Gasteiger partial charge in [-0.2, -0.15) is 0 Å².